The van der Waals surface area contributed by atoms with Crippen molar-refractivity contribution in [2.24, 2.45) is 0 Å². The molecule has 0 aliphatic carbocycles. The molecule has 1 unspecified atom stereocenters. The van der Waals surface area contributed by atoms with Crippen LogP contribution >= 0.6 is 0 Å². The summed E-state index contributed by atoms with van der Waals surface area (Å²) in [5.74, 6) is 0.104. The van der Waals surface area contributed by atoms with Gasteiger partial charge in [0.15, 0.2) is 6.10 Å². The quantitative estimate of drug-likeness (QED) is 0.587. The standard InChI is InChI=1S/C24H24N2O4/c1-17-10-6-8-14-21(17)30-18(2)23(27)25-26-24(28)20-13-7-9-15-22(20)29-16-19-11-4-3-5-12-19/h3-15,18H,16H2,1-2H3,(H,25,27)(H,26,28). The van der Waals surface area contributed by atoms with Gasteiger partial charge in [-0.25, -0.2) is 0 Å². The van der Waals surface area contributed by atoms with Crippen molar-refractivity contribution in [3.8, 4) is 11.5 Å². The summed E-state index contributed by atoms with van der Waals surface area (Å²) in [6.07, 6.45) is -0.782. The van der Waals surface area contributed by atoms with Crippen molar-refractivity contribution in [1.82, 2.24) is 10.9 Å². The lowest BCUT2D eigenvalue weighted by atomic mass is 10.2. The van der Waals surface area contributed by atoms with Gasteiger partial charge in [0, 0.05) is 0 Å². The van der Waals surface area contributed by atoms with Crippen LogP contribution in [0.15, 0.2) is 78.9 Å². The van der Waals surface area contributed by atoms with Crippen molar-refractivity contribution in [3.05, 3.63) is 95.6 Å². The number of rotatable bonds is 7. The Morgan fingerprint density at radius 2 is 1.47 bits per heavy atom. The summed E-state index contributed by atoms with van der Waals surface area (Å²) in [6, 6.07) is 23.9. The van der Waals surface area contributed by atoms with Crippen molar-refractivity contribution in [2.45, 2.75) is 26.6 Å². The summed E-state index contributed by atoms with van der Waals surface area (Å²) in [6.45, 7) is 3.84. The third kappa shape index (κ3) is 5.61. The van der Waals surface area contributed by atoms with Crippen molar-refractivity contribution >= 4 is 11.8 Å². The van der Waals surface area contributed by atoms with Crippen LogP contribution in [0, 0.1) is 6.92 Å². The molecule has 3 rings (SSSR count). The van der Waals surface area contributed by atoms with Gasteiger partial charge in [0.25, 0.3) is 11.8 Å². The number of hydrogen-bond donors (Lipinski definition) is 2. The molecule has 0 aliphatic rings. The number of carbonyl (C=O) groups excluding carboxylic acids is 2. The molecular formula is C24H24N2O4. The first-order valence-corrected chi connectivity index (χ1v) is 9.63. The lowest BCUT2D eigenvalue weighted by Crippen LogP contribution is -2.47. The molecule has 3 aromatic rings. The second-order valence-corrected chi connectivity index (χ2v) is 6.74. The van der Waals surface area contributed by atoms with Crippen molar-refractivity contribution < 1.29 is 19.1 Å². The maximum absolute atomic E-state index is 12.6. The molecule has 0 aromatic heterocycles. The van der Waals surface area contributed by atoms with Crippen LogP contribution in [-0.2, 0) is 11.4 Å². The topological polar surface area (TPSA) is 76.7 Å². The van der Waals surface area contributed by atoms with E-state index in [2.05, 4.69) is 10.9 Å². The van der Waals surface area contributed by atoms with Crippen molar-refractivity contribution in [1.29, 1.82) is 0 Å². The summed E-state index contributed by atoms with van der Waals surface area (Å²) in [4.78, 5) is 24.9. The van der Waals surface area contributed by atoms with Crippen molar-refractivity contribution in [3.63, 3.8) is 0 Å². The molecule has 3 aromatic carbocycles. The fourth-order valence-corrected chi connectivity index (χ4v) is 2.74. The fourth-order valence-electron chi connectivity index (χ4n) is 2.74. The highest BCUT2D eigenvalue weighted by Crippen LogP contribution is 2.20. The summed E-state index contributed by atoms with van der Waals surface area (Å²) in [5, 5.41) is 0. The SMILES string of the molecule is Cc1ccccc1OC(C)C(=O)NNC(=O)c1ccccc1OCc1ccccc1. The van der Waals surface area contributed by atoms with Crippen LogP contribution in [0.25, 0.3) is 0 Å². The summed E-state index contributed by atoms with van der Waals surface area (Å²) < 4.78 is 11.5. The first-order valence-electron chi connectivity index (χ1n) is 9.63. The predicted molar refractivity (Wildman–Crippen MR) is 114 cm³/mol. The zero-order valence-corrected chi connectivity index (χ0v) is 16.9. The minimum Gasteiger partial charge on any atom is -0.488 e. The molecule has 6 nitrogen and oxygen atoms in total. The first-order chi connectivity index (χ1) is 14.5. The van der Waals surface area contributed by atoms with Crippen LogP contribution < -0.4 is 20.3 Å². The molecule has 2 amide bonds. The van der Waals surface area contributed by atoms with Gasteiger partial charge in [0.1, 0.15) is 18.1 Å². The lowest BCUT2D eigenvalue weighted by Gasteiger charge is -2.17. The molecule has 0 heterocycles. The van der Waals surface area contributed by atoms with E-state index in [0.29, 0.717) is 23.7 Å². The van der Waals surface area contributed by atoms with Crippen LogP contribution in [0.3, 0.4) is 0 Å². The Kier molecular flexibility index (Phi) is 7.05. The van der Waals surface area contributed by atoms with E-state index in [1.54, 1.807) is 37.3 Å². The molecule has 0 radical (unpaired) electrons. The number of amides is 2. The van der Waals surface area contributed by atoms with Crippen LogP contribution in [0.5, 0.6) is 11.5 Å². The van der Waals surface area contributed by atoms with Gasteiger partial charge in [-0.15, -0.1) is 0 Å². The fraction of sp³-hybridized carbons (Fsp3) is 0.167. The number of hydrogen-bond acceptors (Lipinski definition) is 4. The molecule has 0 saturated heterocycles. The minimum absolute atomic E-state index is 0.321. The molecule has 154 valence electrons. The molecule has 1 atom stereocenters. The number of aryl methyl sites for hydroxylation is 1. The maximum Gasteiger partial charge on any atom is 0.279 e. The van der Waals surface area contributed by atoms with Crippen LogP contribution in [0.2, 0.25) is 0 Å². The Bertz CT molecular complexity index is 1000. The van der Waals surface area contributed by atoms with Gasteiger partial charge < -0.3 is 9.47 Å². The Morgan fingerprint density at radius 1 is 0.833 bits per heavy atom. The zero-order chi connectivity index (χ0) is 21.3. The average molecular weight is 404 g/mol. The van der Waals surface area contributed by atoms with Gasteiger partial charge in [-0.2, -0.15) is 0 Å². The molecular weight excluding hydrogens is 380 g/mol. The van der Waals surface area contributed by atoms with Crippen LogP contribution in [0.1, 0.15) is 28.4 Å². The first kappa shape index (κ1) is 20.9. The Balaban J connectivity index is 1.56. The molecule has 30 heavy (non-hydrogen) atoms. The molecule has 0 spiro atoms. The molecule has 2 N–H and O–H groups in total. The van der Waals surface area contributed by atoms with Crippen LogP contribution in [-0.4, -0.2) is 17.9 Å². The van der Waals surface area contributed by atoms with E-state index in [1.165, 1.54) is 0 Å². The molecule has 0 fully saturated rings. The van der Waals surface area contributed by atoms with E-state index in [1.807, 2.05) is 55.5 Å². The third-order valence-electron chi connectivity index (χ3n) is 4.43. The zero-order valence-electron chi connectivity index (χ0n) is 16.9. The molecule has 6 heteroatoms. The smallest absolute Gasteiger partial charge is 0.279 e. The molecule has 0 aliphatic heterocycles. The van der Waals surface area contributed by atoms with E-state index >= 15 is 0 Å². The summed E-state index contributed by atoms with van der Waals surface area (Å²) >= 11 is 0. The number of nitrogens with one attached hydrogen (secondary N) is 2. The van der Waals surface area contributed by atoms with E-state index in [0.717, 1.165) is 11.1 Å². The number of hydrazine groups is 1. The summed E-state index contributed by atoms with van der Waals surface area (Å²) in [7, 11) is 0. The van der Waals surface area contributed by atoms with E-state index < -0.39 is 17.9 Å². The Labute approximate surface area is 175 Å². The third-order valence-corrected chi connectivity index (χ3v) is 4.43. The number of para-hydroxylation sites is 2. The highest BCUT2D eigenvalue weighted by atomic mass is 16.5. The summed E-state index contributed by atoms with van der Waals surface area (Å²) in [5.41, 5.74) is 7.05. The largest absolute Gasteiger partial charge is 0.488 e. The van der Waals surface area contributed by atoms with Gasteiger partial charge in [-0.1, -0.05) is 60.7 Å². The van der Waals surface area contributed by atoms with E-state index in [-0.39, 0.29) is 0 Å². The molecule has 0 saturated carbocycles. The van der Waals surface area contributed by atoms with Gasteiger partial charge in [-0.3, -0.25) is 20.4 Å². The number of ether oxygens (including phenoxy) is 2. The second-order valence-electron chi connectivity index (χ2n) is 6.74. The maximum atomic E-state index is 12.6. The Hall–Kier alpha value is -3.80. The van der Waals surface area contributed by atoms with Gasteiger partial charge in [0.05, 0.1) is 5.56 Å². The average Bonchev–Trinajstić information content (AvgIpc) is 2.78. The van der Waals surface area contributed by atoms with Gasteiger partial charge >= 0.3 is 0 Å². The van der Waals surface area contributed by atoms with Crippen molar-refractivity contribution in [2.75, 3.05) is 0 Å². The number of benzene rings is 3. The normalized spacial score (nSPS) is 11.3. The molecule has 0 bridgehead atoms. The van der Waals surface area contributed by atoms with Crippen LogP contribution in [0.4, 0.5) is 0 Å². The minimum atomic E-state index is -0.782. The highest BCUT2D eigenvalue weighted by Gasteiger charge is 2.18. The lowest BCUT2D eigenvalue weighted by molar-refractivity contribution is -0.128. The van der Waals surface area contributed by atoms with E-state index in [4.69, 9.17) is 9.47 Å². The van der Waals surface area contributed by atoms with Gasteiger partial charge in [0.2, 0.25) is 0 Å². The monoisotopic (exact) mass is 404 g/mol. The van der Waals surface area contributed by atoms with Gasteiger partial charge in [-0.05, 0) is 43.2 Å². The highest BCUT2D eigenvalue weighted by molar-refractivity contribution is 5.98. The second kappa shape index (κ2) is 10.1. The number of carbonyl (C=O) groups is 2. The Morgan fingerprint density at radius 3 is 2.20 bits per heavy atom. The predicted octanol–water partition coefficient (Wildman–Crippen LogP) is 3.80. The van der Waals surface area contributed by atoms with E-state index in [9.17, 15) is 9.59 Å².